The third-order valence-corrected chi connectivity index (χ3v) is 5.41. The second-order valence-electron chi connectivity index (χ2n) is 6.03. The van der Waals surface area contributed by atoms with Crippen LogP contribution in [-0.4, -0.2) is 15.7 Å². The number of thioether (sulfide) groups is 1. The van der Waals surface area contributed by atoms with E-state index in [1.807, 2.05) is 49.0 Å². The smallest absolute Gasteiger partial charge is 0.272 e. The number of anilines is 1. The Morgan fingerprint density at radius 1 is 1.22 bits per heavy atom. The number of benzene rings is 2. The molecule has 1 aliphatic rings. The summed E-state index contributed by atoms with van der Waals surface area (Å²) in [7, 11) is 0. The van der Waals surface area contributed by atoms with Gasteiger partial charge in [-0.2, -0.15) is 0 Å². The van der Waals surface area contributed by atoms with Gasteiger partial charge in [0.05, 0.1) is 5.52 Å². The Morgan fingerprint density at radius 2 is 2.04 bits per heavy atom. The Morgan fingerprint density at radius 3 is 2.87 bits per heavy atom. The molecule has 2 heterocycles. The number of para-hydroxylation sites is 2. The molecule has 1 aliphatic heterocycles. The molecule has 4 rings (SSSR count). The molecule has 0 bridgehead atoms. The molecule has 0 saturated heterocycles. The number of nitrogens with zero attached hydrogens (tertiary/aromatic N) is 1. The molecule has 1 amide bonds. The minimum absolute atomic E-state index is 0.0412. The zero-order chi connectivity index (χ0) is 16.0. The Bertz CT molecular complexity index is 913. The van der Waals surface area contributed by atoms with Crippen LogP contribution in [0.2, 0.25) is 0 Å². The lowest BCUT2D eigenvalue weighted by Gasteiger charge is -2.22. The van der Waals surface area contributed by atoms with E-state index in [1.165, 1.54) is 10.4 Å². The van der Waals surface area contributed by atoms with Gasteiger partial charge in [0, 0.05) is 27.8 Å². The van der Waals surface area contributed by atoms with Crippen LogP contribution in [-0.2, 0) is 6.54 Å². The van der Waals surface area contributed by atoms with E-state index in [0.29, 0.717) is 5.25 Å². The topological polar surface area (TPSA) is 34.0 Å². The van der Waals surface area contributed by atoms with Crippen LogP contribution < -0.4 is 5.32 Å². The lowest BCUT2D eigenvalue weighted by atomic mass is 10.2. The van der Waals surface area contributed by atoms with Gasteiger partial charge in [-0.3, -0.25) is 4.79 Å². The number of nitrogens with one attached hydrogen (secondary N) is 1. The molecular formula is C19H18N2OS. The Kier molecular flexibility index (Phi) is 3.42. The van der Waals surface area contributed by atoms with E-state index in [1.54, 1.807) is 0 Å². The molecule has 0 radical (unpaired) electrons. The number of rotatable bonds is 2. The maximum absolute atomic E-state index is 12.8. The average molecular weight is 322 g/mol. The zero-order valence-electron chi connectivity index (χ0n) is 13.2. The maximum atomic E-state index is 12.8. The summed E-state index contributed by atoms with van der Waals surface area (Å²) in [4.78, 5) is 14.1. The summed E-state index contributed by atoms with van der Waals surface area (Å²) < 4.78 is 2.17. The third-order valence-electron chi connectivity index (χ3n) is 4.28. The van der Waals surface area contributed by atoms with Crippen LogP contribution >= 0.6 is 11.8 Å². The molecule has 0 fully saturated rings. The van der Waals surface area contributed by atoms with Gasteiger partial charge in [0.2, 0.25) is 0 Å². The van der Waals surface area contributed by atoms with Crippen molar-refractivity contribution >= 4 is 34.3 Å². The fourth-order valence-electron chi connectivity index (χ4n) is 3.17. The molecule has 23 heavy (non-hydrogen) atoms. The van der Waals surface area contributed by atoms with Gasteiger partial charge in [-0.05, 0) is 30.7 Å². The number of carbonyl (C=O) groups is 1. The van der Waals surface area contributed by atoms with Crippen molar-refractivity contribution in [2.75, 3.05) is 5.32 Å². The number of aryl methyl sites for hydroxylation is 1. The summed E-state index contributed by atoms with van der Waals surface area (Å²) in [6, 6.07) is 16.2. The Labute approximate surface area is 139 Å². The molecule has 3 aromatic rings. The molecule has 0 aliphatic carbocycles. The van der Waals surface area contributed by atoms with E-state index < -0.39 is 0 Å². The largest absolute Gasteiger partial charge is 0.334 e. The first kappa shape index (κ1) is 14.4. The highest BCUT2D eigenvalue weighted by atomic mass is 32.2. The van der Waals surface area contributed by atoms with Gasteiger partial charge in [0.25, 0.3) is 5.91 Å². The number of aromatic nitrogens is 1. The van der Waals surface area contributed by atoms with Crippen molar-refractivity contribution in [2.24, 2.45) is 0 Å². The molecule has 3 nitrogen and oxygen atoms in total. The zero-order valence-corrected chi connectivity index (χ0v) is 14.0. The molecule has 1 unspecified atom stereocenters. The van der Waals surface area contributed by atoms with Crippen molar-refractivity contribution < 1.29 is 4.79 Å². The highest BCUT2D eigenvalue weighted by Crippen LogP contribution is 2.38. The monoisotopic (exact) mass is 322 g/mol. The molecule has 2 aromatic carbocycles. The van der Waals surface area contributed by atoms with E-state index in [9.17, 15) is 4.79 Å². The summed E-state index contributed by atoms with van der Waals surface area (Å²) in [5, 5.41) is 4.65. The first-order chi connectivity index (χ1) is 11.1. The molecule has 116 valence electrons. The highest BCUT2D eigenvalue weighted by Gasteiger charge is 2.24. The first-order valence-electron chi connectivity index (χ1n) is 7.79. The normalized spacial score (nSPS) is 16.5. The fourth-order valence-corrected chi connectivity index (χ4v) is 4.33. The number of hydrogen-bond donors (Lipinski definition) is 1. The molecular weight excluding hydrogens is 304 g/mol. The van der Waals surface area contributed by atoms with Gasteiger partial charge < -0.3 is 9.88 Å². The van der Waals surface area contributed by atoms with Crippen molar-refractivity contribution in [1.82, 2.24) is 4.57 Å². The van der Waals surface area contributed by atoms with Gasteiger partial charge in [0.1, 0.15) is 5.69 Å². The fraction of sp³-hybridized carbons (Fsp3) is 0.211. The minimum atomic E-state index is -0.0412. The van der Waals surface area contributed by atoms with Crippen LogP contribution in [0, 0.1) is 6.92 Å². The van der Waals surface area contributed by atoms with E-state index in [0.717, 1.165) is 28.9 Å². The maximum Gasteiger partial charge on any atom is 0.272 e. The van der Waals surface area contributed by atoms with E-state index in [-0.39, 0.29) is 5.91 Å². The molecule has 1 atom stereocenters. The third kappa shape index (κ3) is 2.43. The summed E-state index contributed by atoms with van der Waals surface area (Å²) in [6.45, 7) is 5.07. The summed E-state index contributed by atoms with van der Waals surface area (Å²) in [5.41, 5.74) is 3.86. The first-order valence-corrected chi connectivity index (χ1v) is 8.67. The predicted molar refractivity (Wildman–Crippen MR) is 96.4 cm³/mol. The molecule has 1 N–H and O–H groups in total. The van der Waals surface area contributed by atoms with Crippen LogP contribution in [0.1, 0.15) is 23.0 Å². The van der Waals surface area contributed by atoms with Crippen molar-refractivity contribution in [3.05, 3.63) is 59.8 Å². The summed E-state index contributed by atoms with van der Waals surface area (Å²) >= 11 is 1.88. The Hall–Kier alpha value is -2.20. The lowest BCUT2D eigenvalue weighted by Crippen LogP contribution is -2.22. The van der Waals surface area contributed by atoms with Crippen LogP contribution in [0.25, 0.3) is 10.9 Å². The number of amides is 1. The predicted octanol–water partition coefficient (Wildman–Crippen LogP) is 4.70. The van der Waals surface area contributed by atoms with E-state index >= 15 is 0 Å². The van der Waals surface area contributed by atoms with Gasteiger partial charge in [-0.1, -0.05) is 37.3 Å². The quantitative estimate of drug-likeness (QED) is 0.742. The second kappa shape index (κ2) is 5.46. The van der Waals surface area contributed by atoms with Crippen LogP contribution in [0.4, 0.5) is 5.69 Å². The average Bonchev–Trinajstić information content (AvgIpc) is 2.90. The lowest BCUT2D eigenvalue weighted by molar-refractivity contribution is 0.101. The standard InChI is InChI=1S/C19H18N2OS/c1-12-6-3-4-8-15(12)20-19(22)16-10-14-7-5-9-17-18(14)21(16)11-13(2)23-17/h3-10,13H,11H2,1-2H3,(H,20,22). The van der Waals surface area contributed by atoms with Crippen molar-refractivity contribution in [3.8, 4) is 0 Å². The SMILES string of the molecule is Cc1ccccc1NC(=O)c1cc2cccc3c2n1CC(C)S3. The molecule has 0 saturated carbocycles. The highest BCUT2D eigenvalue weighted by molar-refractivity contribution is 8.00. The van der Waals surface area contributed by atoms with E-state index in [2.05, 4.69) is 35.0 Å². The molecule has 4 heteroatoms. The minimum Gasteiger partial charge on any atom is -0.334 e. The van der Waals surface area contributed by atoms with Crippen molar-refractivity contribution in [1.29, 1.82) is 0 Å². The second-order valence-corrected chi connectivity index (χ2v) is 7.51. The number of hydrogen-bond acceptors (Lipinski definition) is 2. The van der Waals surface area contributed by atoms with Crippen LogP contribution in [0.15, 0.2) is 53.4 Å². The van der Waals surface area contributed by atoms with Crippen LogP contribution in [0.3, 0.4) is 0 Å². The molecule has 0 spiro atoms. The van der Waals surface area contributed by atoms with Crippen LogP contribution in [0.5, 0.6) is 0 Å². The molecule has 1 aromatic heterocycles. The van der Waals surface area contributed by atoms with Gasteiger partial charge in [-0.25, -0.2) is 0 Å². The van der Waals surface area contributed by atoms with Gasteiger partial charge >= 0.3 is 0 Å². The summed E-state index contributed by atoms with van der Waals surface area (Å²) in [6.07, 6.45) is 0. The van der Waals surface area contributed by atoms with Gasteiger partial charge in [0.15, 0.2) is 0 Å². The van der Waals surface area contributed by atoms with Crippen molar-refractivity contribution in [2.45, 2.75) is 30.5 Å². The number of carbonyl (C=O) groups excluding carboxylic acids is 1. The van der Waals surface area contributed by atoms with E-state index in [4.69, 9.17) is 0 Å². The van der Waals surface area contributed by atoms with Gasteiger partial charge in [-0.15, -0.1) is 11.8 Å². The summed E-state index contributed by atoms with van der Waals surface area (Å²) in [5.74, 6) is -0.0412. The Balaban J connectivity index is 1.78. The van der Waals surface area contributed by atoms with Crippen molar-refractivity contribution in [3.63, 3.8) is 0 Å².